The molecule has 0 saturated heterocycles. The summed E-state index contributed by atoms with van der Waals surface area (Å²) in [5, 5.41) is 37.8. The van der Waals surface area contributed by atoms with Crippen LogP contribution in [0.15, 0.2) is 53.9 Å². The second-order valence-electron chi connectivity index (χ2n) is 6.13. The van der Waals surface area contributed by atoms with Crippen LogP contribution in [0.4, 0.5) is 5.69 Å². The Morgan fingerprint density at radius 2 is 2.13 bits per heavy atom. The molecule has 1 heterocycles. The van der Waals surface area contributed by atoms with Gasteiger partial charge >= 0.3 is 5.69 Å². The quantitative estimate of drug-likeness (QED) is 0.233. The highest BCUT2D eigenvalue weighted by atomic mass is 16.6. The highest BCUT2D eigenvalue weighted by molar-refractivity contribution is 5.97. The van der Waals surface area contributed by atoms with Gasteiger partial charge in [-0.15, -0.1) is 0 Å². The molecule has 11 nitrogen and oxygen atoms in total. The van der Waals surface area contributed by atoms with Crippen molar-refractivity contribution in [3.05, 3.63) is 75.6 Å². The van der Waals surface area contributed by atoms with Crippen molar-refractivity contribution in [1.29, 1.82) is 0 Å². The number of phenolic OH excluding ortho intramolecular Hbond substituents is 2. The van der Waals surface area contributed by atoms with Crippen molar-refractivity contribution in [1.82, 2.24) is 15.2 Å². The van der Waals surface area contributed by atoms with E-state index in [-0.39, 0.29) is 29.3 Å². The van der Waals surface area contributed by atoms with E-state index < -0.39 is 10.8 Å². The smallest absolute Gasteiger partial charge is 0.307 e. The summed E-state index contributed by atoms with van der Waals surface area (Å²) in [6.07, 6.45) is 3.85. The predicted molar refractivity (Wildman–Crippen MR) is 106 cm³/mol. The van der Waals surface area contributed by atoms with E-state index >= 15 is 0 Å². The summed E-state index contributed by atoms with van der Waals surface area (Å²) in [5.74, 6) is -0.600. The molecule has 0 aliphatic carbocycles. The van der Waals surface area contributed by atoms with Crippen molar-refractivity contribution in [3.8, 4) is 17.2 Å². The SMILES string of the molecule is COc1ccc(/C=N\NC(=O)c2cc(O)ccc2O)cc1Cn1cc([N+](=O)[O-])cn1. The number of hydrogen-bond donors (Lipinski definition) is 3. The molecule has 1 aromatic heterocycles. The van der Waals surface area contributed by atoms with Gasteiger partial charge in [0.25, 0.3) is 5.91 Å². The number of carbonyl (C=O) groups is 1. The minimum atomic E-state index is -0.697. The zero-order valence-corrected chi connectivity index (χ0v) is 15.7. The molecule has 3 N–H and O–H groups in total. The van der Waals surface area contributed by atoms with Crippen molar-refractivity contribution in [2.45, 2.75) is 6.54 Å². The van der Waals surface area contributed by atoms with Gasteiger partial charge in [0, 0.05) is 5.56 Å². The lowest BCUT2D eigenvalue weighted by Crippen LogP contribution is -2.17. The van der Waals surface area contributed by atoms with E-state index in [9.17, 15) is 25.1 Å². The van der Waals surface area contributed by atoms with Crippen molar-refractivity contribution < 1.29 is 24.7 Å². The minimum absolute atomic E-state index is 0.121. The Morgan fingerprint density at radius 3 is 2.83 bits per heavy atom. The Bertz CT molecular complexity index is 1120. The third kappa shape index (κ3) is 4.70. The lowest BCUT2D eigenvalue weighted by atomic mass is 10.1. The molecule has 1 amide bonds. The van der Waals surface area contributed by atoms with Crippen LogP contribution >= 0.6 is 0 Å². The second kappa shape index (κ2) is 8.73. The third-order valence-corrected chi connectivity index (χ3v) is 4.07. The Morgan fingerprint density at radius 1 is 1.33 bits per heavy atom. The van der Waals surface area contributed by atoms with E-state index in [0.717, 1.165) is 12.3 Å². The Kier molecular flexibility index (Phi) is 5.92. The van der Waals surface area contributed by atoms with E-state index in [0.29, 0.717) is 16.9 Å². The fourth-order valence-electron chi connectivity index (χ4n) is 2.64. The molecule has 11 heteroatoms. The van der Waals surface area contributed by atoms with Crippen LogP contribution in [0.25, 0.3) is 0 Å². The molecule has 3 aromatic rings. The maximum Gasteiger partial charge on any atom is 0.307 e. The maximum absolute atomic E-state index is 12.1. The number of aromatic hydroxyl groups is 2. The highest BCUT2D eigenvalue weighted by Gasteiger charge is 2.12. The van der Waals surface area contributed by atoms with Crippen LogP contribution in [0.5, 0.6) is 17.2 Å². The second-order valence-corrected chi connectivity index (χ2v) is 6.13. The molecule has 0 radical (unpaired) electrons. The Labute approximate surface area is 170 Å². The molecule has 0 spiro atoms. The molecule has 0 fully saturated rings. The van der Waals surface area contributed by atoms with Crippen LogP contribution in [-0.4, -0.2) is 44.1 Å². The molecule has 154 valence electrons. The van der Waals surface area contributed by atoms with Crippen molar-refractivity contribution >= 4 is 17.8 Å². The maximum atomic E-state index is 12.1. The van der Waals surface area contributed by atoms with E-state index in [2.05, 4.69) is 15.6 Å². The van der Waals surface area contributed by atoms with Crippen LogP contribution in [0, 0.1) is 10.1 Å². The first-order valence-electron chi connectivity index (χ1n) is 8.56. The van der Waals surface area contributed by atoms with Gasteiger partial charge in [-0.25, -0.2) is 5.43 Å². The number of nitrogens with zero attached hydrogens (tertiary/aromatic N) is 4. The molecule has 2 aromatic carbocycles. The average molecular weight is 411 g/mol. The van der Waals surface area contributed by atoms with Crippen LogP contribution in [0.3, 0.4) is 0 Å². The topological polar surface area (TPSA) is 152 Å². The summed E-state index contributed by atoms with van der Waals surface area (Å²) < 4.78 is 6.72. The standard InChI is InChI=1S/C19H17N5O6/c1-30-18-5-2-12(6-13(18)10-23-11-14(9-21-23)24(28)29)8-20-22-19(27)16-7-15(25)3-4-17(16)26/h2-9,11,25-26H,10H2,1H3,(H,22,27)/b20-8-. The molecule has 0 unspecified atom stereocenters. The molecule has 30 heavy (non-hydrogen) atoms. The number of hydrazone groups is 1. The zero-order chi connectivity index (χ0) is 21.7. The first-order valence-corrected chi connectivity index (χ1v) is 8.56. The summed E-state index contributed by atoms with van der Waals surface area (Å²) in [4.78, 5) is 22.4. The predicted octanol–water partition coefficient (Wildman–Crippen LogP) is 2.02. The molecule has 0 bridgehead atoms. The van der Waals surface area contributed by atoms with Gasteiger partial charge in [-0.1, -0.05) is 0 Å². The number of rotatable bonds is 7. The molecular weight excluding hydrogens is 394 g/mol. The number of carbonyl (C=O) groups excluding carboxylic acids is 1. The third-order valence-electron chi connectivity index (χ3n) is 4.07. The summed E-state index contributed by atoms with van der Waals surface area (Å²) in [7, 11) is 1.50. The molecule has 3 rings (SSSR count). The molecule has 0 aliphatic heterocycles. The fraction of sp³-hybridized carbons (Fsp3) is 0.105. The van der Waals surface area contributed by atoms with Gasteiger partial charge in [0.1, 0.15) is 29.6 Å². The van der Waals surface area contributed by atoms with E-state index in [4.69, 9.17) is 4.74 Å². The molecular formula is C19H17N5O6. The van der Waals surface area contributed by atoms with Crippen molar-refractivity contribution in [3.63, 3.8) is 0 Å². The van der Waals surface area contributed by atoms with Gasteiger partial charge in [-0.05, 0) is 42.0 Å². The number of nitrogens with one attached hydrogen (secondary N) is 1. The van der Waals surface area contributed by atoms with Gasteiger partial charge in [0.15, 0.2) is 0 Å². The van der Waals surface area contributed by atoms with Gasteiger partial charge in [0.2, 0.25) is 0 Å². The normalized spacial score (nSPS) is 10.8. The number of ether oxygens (including phenoxy) is 1. The lowest BCUT2D eigenvalue weighted by Gasteiger charge is -2.09. The van der Waals surface area contributed by atoms with E-state index in [1.807, 2.05) is 0 Å². The number of benzene rings is 2. The molecule has 0 aliphatic rings. The van der Waals surface area contributed by atoms with E-state index in [1.54, 1.807) is 18.2 Å². The van der Waals surface area contributed by atoms with Crippen LogP contribution in [-0.2, 0) is 6.54 Å². The number of hydrogen-bond acceptors (Lipinski definition) is 8. The van der Waals surface area contributed by atoms with Gasteiger partial charge in [-0.3, -0.25) is 19.6 Å². The monoisotopic (exact) mass is 411 g/mol. The average Bonchev–Trinajstić information content (AvgIpc) is 3.19. The van der Waals surface area contributed by atoms with E-state index in [1.165, 1.54) is 36.3 Å². The first kappa shape index (κ1) is 20.3. The number of amides is 1. The van der Waals surface area contributed by atoms with Crippen molar-refractivity contribution in [2.75, 3.05) is 7.11 Å². The summed E-state index contributed by atoms with van der Waals surface area (Å²) in [6.45, 7) is 0.224. The van der Waals surface area contributed by atoms with Gasteiger partial charge in [0.05, 0.1) is 30.4 Å². The molecule has 0 saturated carbocycles. The number of nitro groups is 1. The zero-order valence-electron chi connectivity index (χ0n) is 15.7. The van der Waals surface area contributed by atoms with Gasteiger partial charge in [-0.2, -0.15) is 10.2 Å². The number of methoxy groups -OCH3 is 1. The lowest BCUT2D eigenvalue weighted by molar-refractivity contribution is -0.385. The largest absolute Gasteiger partial charge is 0.508 e. The van der Waals surface area contributed by atoms with Crippen LogP contribution < -0.4 is 10.2 Å². The summed E-state index contributed by atoms with van der Waals surface area (Å²) in [6, 6.07) is 8.70. The number of aromatic nitrogens is 2. The Hall–Kier alpha value is -4.41. The minimum Gasteiger partial charge on any atom is -0.508 e. The summed E-state index contributed by atoms with van der Waals surface area (Å²) in [5.41, 5.74) is 3.33. The Balaban J connectivity index is 1.74. The van der Waals surface area contributed by atoms with Crippen LogP contribution in [0.1, 0.15) is 21.5 Å². The number of phenols is 2. The highest BCUT2D eigenvalue weighted by Crippen LogP contribution is 2.22. The summed E-state index contributed by atoms with van der Waals surface area (Å²) >= 11 is 0. The fourth-order valence-corrected chi connectivity index (χ4v) is 2.64. The molecule has 0 atom stereocenters. The first-order chi connectivity index (χ1) is 14.4. The van der Waals surface area contributed by atoms with Gasteiger partial charge < -0.3 is 14.9 Å². The van der Waals surface area contributed by atoms with Crippen LogP contribution in [0.2, 0.25) is 0 Å². The van der Waals surface area contributed by atoms with Crippen molar-refractivity contribution in [2.24, 2.45) is 5.10 Å².